The summed E-state index contributed by atoms with van der Waals surface area (Å²) in [5.41, 5.74) is 9.65. The number of rotatable bonds is 7. The van der Waals surface area contributed by atoms with Crippen LogP contribution >= 0.6 is 0 Å². The maximum absolute atomic E-state index is 7.28. The molecule has 1 aliphatic rings. The maximum atomic E-state index is 7.28. The predicted octanol–water partition coefficient (Wildman–Crippen LogP) is 13.0. The van der Waals surface area contributed by atoms with E-state index in [9.17, 15) is 0 Å². The zero-order valence-corrected chi connectivity index (χ0v) is 36.0. The summed E-state index contributed by atoms with van der Waals surface area (Å²) < 4.78 is 13.7. The van der Waals surface area contributed by atoms with Crippen LogP contribution in [0.15, 0.2) is 158 Å². The average molecular weight is 810 g/mol. The number of pyridine rings is 1. The number of para-hydroxylation sites is 3. The number of hydrogen-bond donors (Lipinski definition) is 0. The van der Waals surface area contributed by atoms with Crippen molar-refractivity contribution in [2.45, 2.75) is 52.4 Å². The van der Waals surface area contributed by atoms with Gasteiger partial charge < -0.3 is 4.74 Å². The molecule has 0 radical (unpaired) electrons. The molecule has 0 aliphatic carbocycles. The summed E-state index contributed by atoms with van der Waals surface area (Å²) in [7, 11) is 2.03. The van der Waals surface area contributed by atoms with Crippen molar-refractivity contribution >= 4 is 44.9 Å². The van der Waals surface area contributed by atoms with E-state index < -0.39 is 0 Å². The second-order valence-corrected chi connectivity index (χ2v) is 18.0. The Morgan fingerprint density at radius 2 is 1.16 bits per heavy atom. The highest BCUT2D eigenvalue weighted by atomic mass is 16.5. The topological polar surface area (TPSA) is 71.7 Å². The standard InChI is InChI=1S/C54H47N7O/c1-53(2,3)37-26-27-55-49(30-37)61-44-23-15-14-22-41(44)42-32-43(52-57-50(35-18-10-8-11-19-35)56-51(58-52)36-20-12-9-13-21-36)48(33-47(42)61)62-40-29-38(54(4,5)6)28-39(31-40)60-34-59(7)45-24-16-17-25-46(45)60/h8-33H,1-7H3/q+2. The molecule has 8 heteroatoms. The van der Waals surface area contributed by atoms with Crippen LogP contribution in [0.25, 0.3) is 61.8 Å². The summed E-state index contributed by atoms with van der Waals surface area (Å²) in [6, 6.07) is 55.6. The van der Waals surface area contributed by atoms with E-state index in [4.69, 9.17) is 24.7 Å². The van der Waals surface area contributed by atoms with Crippen molar-refractivity contribution in [2.75, 3.05) is 7.05 Å². The monoisotopic (exact) mass is 809 g/mol. The summed E-state index contributed by atoms with van der Waals surface area (Å²) in [5, 5.41) is 2.11. The normalized spacial score (nSPS) is 12.7. The van der Waals surface area contributed by atoms with Crippen LogP contribution in [-0.2, 0) is 10.8 Å². The summed E-state index contributed by atoms with van der Waals surface area (Å²) >= 11 is 0. The van der Waals surface area contributed by atoms with Crippen LogP contribution in [0.2, 0.25) is 0 Å². The molecule has 0 amide bonds. The lowest BCUT2D eigenvalue weighted by Gasteiger charge is -2.21. The second kappa shape index (κ2) is 14.9. The highest BCUT2D eigenvalue weighted by Crippen LogP contribution is 2.44. The molecule has 62 heavy (non-hydrogen) atoms. The van der Waals surface area contributed by atoms with Crippen LogP contribution in [0.1, 0.15) is 52.7 Å². The van der Waals surface area contributed by atoms with E-state index in [1.807, 2.05) is 78.5 Å². The Morgan fingerprint density at radius 1 is 0.548 bits per heavy atom. The van der Waals surface area contributed by atoms with Gasteiger partial charge in [-0.25, -0.2) is 19.9 Å². The Hall–Kier alpha value is -7.54. The smallest absolute Gasteiger partial charge is 0.456 e. The minimum absolute atomic E-state index is 0.0706. The molecular formula is C54H47N7O+2. The molecule has 8 nitrogen and oxygen atoms in total. The number of aromatic nitrogens is 5. The van der Waals surface area contributed by atoms with Gasteiger partial charge in [0.1, 0.15) is 17.3 Å². The third-order valence-corrected chi connectivity index (χ3v) is 11.5. The lowest BCUT2D eigenvalue weighted by Crippen LogP contribution is -2.12. The zero-order chi connectivity index (χ0) is 42.8. The molecule has 0 atom stereocenters. The number of fused-ring (bicyclic) bond motifs is 4. The number of ether oxygens (including phenoxy) is 1. The molecule has 10 rings (SSSR count). The van der Waals surface area contributed by atoms with Crippen molar-refractivity contribution in [3.8, 4) is 51.5 Å². The quantitative estimate of drug-likeness (QED) is 0.150. The van der Waals surface area contributed by atoms with Gasteiger partial charge in [-0.1, -0.05) is 137 Å². The summed E-state index contributed by atoms with van der Waals surface area (Å²) in [5.74, 6) is 3.76. The Labute approximate surface area is 361 Å². The van der Waals surface area contributed by atoms with Crippen LogP contribution in [0, 0.1) is 0 Å². The van der Waals surface area contributed by atoms with Crippen LogP contribution < -0.4 is 9.31 Å². The molecule has 0 fully saturated rings. The molecule has 0 bridgehead atoms. The van der Waals surface area contributed by atoms with Crippen molar-refractivity contribution in [3.63, 3.8) is 0 Å². The van der Waals surface area contributed by atoms with Gasteiger partial charge in [-0.15, -0.1) is 0 Å². The van der Waals surface area contributed by atoms with Crippen LogP contribution in [0.5, 0.6) is 11.5 Å². The average Bonchev–Trinajstić information content (AvgIpc) is 3.79. The summed E-state index contributed by atoms with van der Waals surface area (Å²) in [6.07, 6.45) is 1.91. The van der Waals surface area contributed by atoms with Crippen molar-refractivity contribution < 1.29 is 9.31 Å². The molecule has 302 valence electrons. The minimum atomic E-state index is -0.189. The number of hydrogen-bond acceptors (Lipinski definition) is 5. The molecule has 0 N–H and O–H groups in total. The molecule has 4 heterocycles. The van der Waals surface area contributed by atoms with Crippen LogP contribution in [0.4, 0.5) is 17.1 Å². The SMILES string of the molecule is C[N+]1=C=[N+](c2cc(Oc3cc4c(cc3-c3nc(-c5ccccc5)nc(-c5ccccc5)n3)c3ccccc3n4-c3cc(C(C)(C)C)ccn3)cc(C(C)(C)C)c2)c2ccccc21. The van der Waals surface area contributed by atoms with E-state index in [1.165, 1.54) is 5.56 Å². The third-order valence-electron chi connectivity index (χ3n) is 11.5. The van der Waals surface area contributed by atoms with Crippen molar-refractivity contribution in [1.29, 1.82) is 0 Å². The third kappa shape index (κ3) is 7.04. The number of benzene rings is 6. The Morgan fingerprint density at radius 3 is 1.84 bits per heavy atom. The van der Waals surface area contributed by atoms with Crippen LogP contribution in [-0.4, -0.2) is 42.1 Å². The van der Waals surface area contributed by atoms with Gasteiger partial charge in [0.05, 0.1) is 22.7 Å². The molecule has 9 aromatic rings. The second-order valence-electron chi connectivity index (χ2n) is 18.0. The molecule has 1 aliphatic heterocycles. The molecule has 0 unspecified atom stereocenters. The van der Waals surface area contributed by atoms with Gasteiger partial charge in [0.2, 0.25) is 5.69 Å². The highest BCUT2D eigenvalue weighted by Gasteiger charge is 2.34. The van der Waals surface area contributed by atoms with Gasteiger partial charge in [0, 0.05) is 52.4 Å². The van der Waals surface area contributed by atoms with Gasteiger partial charge in [0.15, 0.2) is 24.5 Å². The molecule has 0 saturated carbocycles. The van der Waals surface area contributed by atoms with Gasteiger partial charge in [0.25, 0.3) is 11.4 Å². The molecule has 0 spiro atoms. The van der Waals surface area contributed by atoms with E-state index in [0.717, 1.165) is 66.9 Å². The van der Waals surface area contributed by atoms with Crippen molar-refractivity contribution in [2.24, 2.45) is 0 Å². The van der Waals surface area contributed by atoms with E-state index in [-0.39, 0.29) is 10.8 Å². The summed E-state index contributed by atoms with van der Waals surface area (Å²) in [4.78, 5) is 20.4. The fraction of sp³-hybridized carbons (Fsp3) is 0.167. The lowest BCUT2D eigenvalue weighted by atomic mass is 9.86. The maximum Gasteiger partial charge on any atom is 0.496 e. The van der Waals surface area contributed by atoms with E-state index in [2.05, 4.69) is 148 Å². The Bertz CT molecular complexity index is 3220. The molecule has 0 saturated heterocycles. The zero-order valence-electron chi connectivity index (χ0n) is 36.0. The highest BCUT2D eigenvalue weighted by molar-refractivity contribution is 6.11. The Kier molecular flexibility index (Phi) is 9.27. The fourth-order valence-corrected chi connectivity index (χ4v) is 8.16. The van der Waals surface area contributed by atoms with E-state index in [0.29, 0.717) is 29.0 Å². The molecule has 6 aromatic carbocycles. The fourth-order valence-electron chi connectivity index (χ4n) is 8.16. The molecule has 3 aromatic heterocycles. The van der Waals surface area contributed by atoms with Crippen molar-refractivity contribution in [1.82, 2.24) is 29.1 Å². The largest absolute Gasteiger partial charge is 0.496 e. The summed E-state index contributed by atoms with van der Waals surface area (Å²) in [6.45, 7) is 13.4. The van der Waals surface area contributed by atoms with E-state index >= 15 is 0 Å². The van der Waals surface area contributed by atoms with Crippen molar-refractivity contribution in [3.05, 3.63) is 169 Å². The van der Waals surface area contributed by atoms with Gasteiger partial charge in [-0.3, -0.25) is 4.57 Å². The van der Waals surface area contributed by atoms with Gasteiger partial charge >= 0.3 is 6.01 Å². The number of nitrogens with zero attached hydrogens (tertiary/aromatic N) is 7. The Balaban J connectivity index is 1.25. The van der Waals surface area contributed by atoms with E-state index in [1.54, 1.807) is 0 Å². The lowest BCUT2D eigenvalue weighted by molar-refractivity contribution is -0.394. The first-order chi connectivity index (χ1) is 29.9. The van der Waals surface area contributed by atoms with Crippen LogP contribution in [0.3, 0.4) is 0 Å². The van der Waals surface area contributed by atoms with Gasteiger partial charge in [-0.05, 0) is 56.9 Å². The first-order valence-electron chi connectivity index (χ1n) is 21.0. The first kappa shape index (κ1) is 38.6. The predicted molar refractivity (Wildman–Crippen MR) is 251 cm³/mol. The minimum Gasteiger partial charge on any atom is -0.456 e. The first-order valence-corrected chi connectivity index (χ1v) is 21.0. The van der Waals surface area contributed by atoms with Gasteiger partial charge in [-0.2, -0.15) is 0 Å². The molecular weight excluding hydrogens is 763 g/mol.